The van der Waals surface area contributed by atoms with Gasteiger partial charge in [0, 0.05) is 43.1 Å². The minimum Gasteiger partial charge on any atom is -0.375 e. The third kappa shape index (κ3) is 4.16. The lowest BCUT2D eigenvalue weighted by Crippen LogP contribution is -2.38. The third-order valence-electron chi connectivity index (χ3n) is 5.33. The van der Waals surface area contributed by atoms with E-state index in [0.29, 0.717) is 42.5 Å². The summed E-state index contributed by atoms with van der Waals surface area (Å²) in [7, 11) is 1.50. The van der Waals surface area contributed by atoms with Crippen LogP contribution in [0.4, 0.5) is 5.00 Å². The van der Waals surface area contributed by atoms with Gasteiger partial charge in [0.25, 0.3) is 5.91 Å². The topological polar surface area (TPSA) is 87.7 Å². The number of rotatable bonds is 7. The van der Waals surface area contributed by atoms with Gasteiger partial charge >= 0.3 is 0 Å². The fourth-order valence-electron chi connectivity index (χ4n) is 3.35. The molecule has 0 aromatic carbocycles. The summed E-state index contributed by atoms with van der Waals surface area (Å²) in [5, 5.41) is 6.62. The number of thiophene rings is 1. The van der Waals surface area contributed by atoms with Crippen molar-refractivity contribution in [3.63, 3.8) is 0 Å². The number of nitrogens with zero attached hydrogens (tertiary/aromatic N) is 1. The zero-order valence-electron chi connectivity index (χ0n) is 15.5. The number of amides is 3. The Hall–Kier alpha value is -1.93. The normalized spacial score (nSPS) is 18.8. The van der Waals surface area contributed by atoms with Crippen LogP contribution in [0.2, 0.25) is 0 Å². The molecule has 1 aromatic heterocycles. The monoisotopic (exact) mass is 391 g/mol. The Morgan fingerprint density at radius 3 is 2.67 bits per heavy atom. The van der Waals surface area contributed by atoms with Crippen LogP contribution in [-0.4, -0.2) is 49.4 Å². The zero-order valence-corrected chi connectivity index (χ0v) is 16.3. The average molecular weight is 391 g/mol. The van der Waals surface area contributed by atoms with Crippen molar-refractivity contribution < 1.29 is 19.1 Å². The number of hydrogen-bond acceptors (Lipinski definition) is 5. The number of hydrogen-bond donors (Lipinski definition) is 2. The van der Waals surface area contributed by atoms with Gasteiger partial charge in [-0.05, 0) is 38.0 Å². The first kappa shape index (κ1) is 18.4. The molecule has 0 atom stereocenters. The van der Waals surface area contributed by atoms with Crippen molar-refractivity contribution in [2.45, 2.75) is 38.6 Å². The second-order valence-corrected chi connectivity index (χ2v) is 8.73. The van der Waals surface area contributed by atoms with E-state index in [2.05, 4.69) is 10.6 Å². The van der Waals surface area contributed by atoms with Crippen LogP contribution in [0.1, 0.15) is 46.5 Å². The molecule has 3 aliphatic rings. The van der Waals surface area contributed by atoms with Crippen LogP contribution < -0.4 is 10.6 Å². The summed E-state index contributed by atoms with van der Waals surface area (Å²) in [5.74, 6) is 0.421. The Kier molecular flexibility index (Phi) is 5.19. The fourth-order valence-corrected chi connectivity index (χ4v) is 4.55. The molecule has 2 saturated carbocycles. The summed E-state index contributed by atoms with van der Waals surface area (Å²) in [6.45, 7) is 1.70. The number of carbonyl (C=O) groups excluding carboxylic acids is 3. The van der Waals surface area contributed by atoms with E-state index in [4.69, 9.17) is 4.74 Å². The van der Waals surface area contributed by atoms with E-state index in [9.17, 15) is 14.4 Å². The predicted octanol–water partition coefficient (Wildman–Crippen LogP) is 1.77. The van der Waals surface area contributed by atoms with Gasteiger partial charge in [-0.1, -0.05) is 0 Å². The van der Waals surface area contributed by atoms with Crippen LogP contribution in [0.25, 0.3) is 0 Å². The highest BCUT2D eigenvalue weighted by molar-refractivity contribution is 7.17. The molecule has 4 rings (SSSR count). The summed E-state index contributed by atoms with van der Waals surface area (Å²) in [6, 6.07) is 0. The largest absolute Gasteiger partial charge is 0.375 e. The smallest absolute Gasteiger partial charge is 0.254 e. The Morgan fingerprint density at radius 2 is 2.00 bits per heavy atom. The number of nitrogens with one attached hydrogen (secondary N) is 2. The maximum Gasteiger partial charge on any atom is 0.254 e. The van der Waals surface area contributed by atoms with Gasteiger partial charge in [0.2, 0.25) is 11.8 Å². The lowest BCUT2D eigenvalue weighted by molar-refractivity contribution is -0.136. The third-order valence-corrected chi connectivity index (χ3v) is 6.54. The molecule has 0 spiro atoms. The molecule has 7 nitrogen and oxygen atoms in total. The maximum absolute atomic E-state index is 12.9. The predicted molar refractivity (Wildman–Crippen MR) is 102 cm³/mol. The lowest BCUT2D eigenvalue weighted by Gasteiger charge is -2.27. The molecule has 0 bridgehead atoms. The van der Waals surface area contributed by atoms with Gasteiger partial charge in [0.1, 0.15) is 11.6 Å². The van der Waals surface area contributed by atoms with E-state index in [1.54, 1.807) is 4.90 Å². The highest BCUT2D eigenvalue weighted by Crippen LogP contribution is 2.39. The van der Waals surface area contributed by atoms with Gasteiger partial charge in [-0.2, -0.15) is 0 Å². The molecular formula is C19H25N3O4S. The first-order valence-electron chi connectivity index (χ1n) is 9.57. The van der Waals surface area contributed by atoms with Crippen molar-refractivity contribution >= 4 is 34.1 Å². The van der Waals surface area contributed by atoms with Crippen molar-refractivity contribution in [2.24, 2.45) is 11.8 Å². The van der Waals surface area contributed by atoms with E-state index in [1.807, 2.05) is 0 Å². The number of methoxy groups -OCH3 is 1. The summed E-state index contributed by atoms with van der Waals surface area (Å²) in [5.41, 5.74) is 1.41. The first-order chi connectivity index (χ1) is 13.1. The summed E-state index contributed by atoms with van der Waals surface area (Å²) in [4.78, 5) is 40.2. The van der Waals surface area contributed by atoms with Crippen LogP contribution in [0.5, 0.6) is 0 Å². The first-order valence-corrected chi connectivity index (χ1v) is 10.4. The number of anilines is 1. The number of ether oxygens (including phenoxy) is 1. The molecular weight excluding hydrogens is 366 g/mol. The maximum atomic E-state index is 12.9. The Labute approximate surface area is 162 Å². The second kappa shape index (κ2) is 7.59. The van der Waals surface area contributed by atoms with Crippen LogP contribution in [-0.2, 0) is 27.3 Å². The molecule has 27 heavy (non-hydrogen) atoms. The molecule has 8 heteroatoms. The van der Waals surface area contributed by atoms with Crippen molar-refractivity contribution in [3.05, 3.63) is 16.0 Å². The minimum absolute atomic E-state index is 0.00263. The molecule has 2 fully saturated rings. The summed E-state index contributed by atoms with van der Waals surface area (Å²) >= 11 is 1.48. The molecule has 0 saturated heterocycles. The van der Waals surface area contributed by atoms with Crippen LogP contribution >= 0.6 is 11.3 Å². The quantitative estimate of drug-likeness (QED) is 0.742. The van der Waals surface area contributed by atoms with Crippen molar-refractivity contribution in [3.8, 4) is 0 Å². The van der Waals surface area contributed by atoms with Crippen molar-refractivity contribution in [2.75, 3.05) is 32.1 Å². The molecule has 2 aliphatic carbocycles. The Balaban J connectivity index is 1.58. The number of fused-ring (bicyclic) bond motifs is 1. The zero-order chi connectivity index (χ0) is 19.0. The van der Waals surface area contributed by atoms with Gasteiger partial charge < -0.3 is 20.3 Å². The Morgan fingerprint density at radius 1 is 1.22 bits per heavy atom. The summed E-state index contributed by atoms with van der Waals surface area (Å²) in [6.07, 6.45) is 4.84. The van der Waals surface area contributed by atoms with E-state index in [1.165, 1.54) is 18.4 Å². The SMILES string of the molecule is COCC(=O)N1CCc2sc(NC(=O)C3CC3)c(C(=O)NCC3CC3)c2C1. The van der Waals surface area contributed by atoms with Gasteiger partial charge in [-0.3, -0.25) is 14.4 Å². The van der Waals surface area contributed by atoms with Gasteiger partial charge in [0.05, 0.1) is 5.56 Å². The van der Waals surface area contributed by atoms with Crippen LogP contribution in [0, 0.1) is 11.8 Å². The molecule has 1 aromatic rings. The molecule has 0 unspecified atom stereocenters. The second-order valence-electron chi connectivity index (χ2n) is 7.62. The highest BCUT2D eigenvalue weighted by Gasteiger charge is 2.34. The van der Waals surface area contributed by atoms with Crippen LogP contribution in [0.15, 0.2) is 0 Å². The highest BCUT2D eigenvalue weighted by atomic mass is 32.1. The van der Waals surface area contributed by atoms with E-state index in [-0.39, 0.29) is 30.2 Å². The Bertz CT molecular complexity index is 767. The average Bonchev–Trinajstić information content (AvgIpc) is 3.55. The molecule has 146 valence electrons. The molecule has 1 aliphatic heterocycles. The lowest BCUT2D eigenvalue weighted by atomic mass is 10.0. The summed E-state index contributed by atoms with van der Waals surface area (Å²) < 4.78 is 4.96. The molecule has 2 N–H and O–H groups in total. The molecule has 0 radical (unpaired) electrons. The van der Waals surface area contributed by atoms with Gasteiger partial charge in [0.15, 0.2) is 0 Å². The molecule has 3 amide bonds. The number of carbonyl (C=O) groups is 3. The van der Waals surface area contributed by atoms with E-state index in [0.717, 1.165) is 36.1 Å². The molecule has 2 heterocycles. The van der Waals surface area contributed by atoms with E-state index >= 15 is 0 Å². The van der Waals surface area contributed by atoms with Gasteiger partial charge in [-0.15, -0.1) is 11.3 Å². The fraction of sp³-hybridized carbons (Fsp3) is 0.632. The van der Waals surface area contributed by atoms with Crippen LogP contribution in [0.3, 0.4) is 0 Å². The van der Waals surface area contributed by atoms with Crippen molar-refractivity contribution in [1.82, 2.24) is 10.2 Å². The standard InChI is InChI=1S/C19H25N3O4S/c1-26-10-15(23)22-7-6-14-13(9-22)16(18(25)20-8-11-2-3-11)19(27-14)21-17(24)12-4-5-12/h11-12H,2-10H2,1H3,(H,20,25)(H,21,24). The minimum atomic E-state index is -0.147. The van der Waals surface area contributed by atoms with E-state index < -0.39 is 0 Å². The van der Waals surface area contributed by atoms with Crippen molar-refractivity contribution in [1.29, 1.82) is 0 Å². The van der Waals surface area contributed by atoms with Gasteiger partial charge in [-0.25, -0.2) is 0 Å².